The number of fused-ring (bicyclic) bond motifs is 2. The molecule has 0 bridgehead atoms. The van der Waals surface area contributed by atoms with Crippen molar-refractivity contribution in [3.63, 3.8) is 0 Å². The third kappa shape index (κ3) is 6.58. The molecule has 3 heterocycles. The summed E-state index contributed by atoms with van der Waals surface area (Å²) in [7, 11) is 1.77. The van der Waals surface area contributed by atoms with Gasteiger partial charge in [-0.15, -0.1) is 0 Å². The maximum Gasteiger partial charge on any atom is 0.257 e. The minimum absolute atomic E-state index is 0.0787. The van der Waals surface area contributed by atoms with Crippen molar-refractivity contribution >= 4 is 17.6 Å². The zero-order valence-electron chi connectivity index (χ0n) is 24.8. The third-order valence-corrected chi connectivity index (χ3v) is 8.32. The number of rotatable bonds is 8. The van der Waals surface area contributed by atoms with Crippen LogP contribution in [0.5, 0.6) is 5.75 Å². The summed E-state index contributed by atoms with van der Waals surface area (Å²) in [5.74, 6) is 0.542. The second kappa shape index (κ2) is 12.9. The molecule has 0 spiro atoms. The highest BCUT2D eigenvalue weighted by atomic mass is 16.5. The summed E-state index contributed by atoms with van der Waals surface area (Å²) in [5, 5.41) is 6.81. The molecule has 2 aliphatic heterocycles. The van der Waals surface area contributed by atoms with Crippen LogP contribution in [0.3, 0.4) is 0 Å². The molecule has 0 aliphatic carbocycles. The summed E-state index contributed by atoms with van der Waals surface area (Å²) in [6.45, 7) is 2.42. The van der Waals surface area contributed by atoms with Crippen LogP contribution in [0.4, 0.5) is 0 Å². The molecule has 0 radical (unpaired) electrons. The molecule has 0 unspecified atom stereocenters. The van der Waals surface area contributed by atoms with Crippen LogP contribution in [0, 0.1) is 6.92 Å². The second-order valence-electron chi connectivity index (χ2n) is 11.5. The van der Waals surface area contributed by atoms with E-state index < -0.39 is 0 Å². The minimum Gasteiger partial charge on any atom is -0.490 e. The zero-order valence-corrected chi connectivity index (χ0v) is 24.8. The van der Waals surface area contributed by atoms with Crippen LogP contribution in [0.1, 0.15) is 57.0 Å². The minimum atomic E-state index is -0.370. The highest BCUT2D eigenvalue weighted by molar-refractivity contribution is 5.99. The van der Waals surface area contributed by atoms with Crippen LogP contribution < -0.4 is 10.1 Å². The number of aryl methyl sites for hydroxylation is 1. The van der Waals surface area contributed by atoms with Crippen LogP contribution in [0.2, 0.25) is 0 Å². The summed E-state index contributed by atoms with van der Waals surface area (Å²) < 4.78 is 17.4. The van der Waals surface area contributed by atoms with Gasteiger partial charge in [-0.1, -0.05) is 65.8 Å². The molecule has 0 saturated carbocycles. The predicted octanol–water partition coefficient (Wildman–Crippen LogP) is 5.16. The van der Waals surface area contributed by atoms with Crippen LogP contribution >= 0.6 is 0 Å². The van der Waals surface area contributed by atoms with Crippen molar-refractivity contribution < 1.29 is 28.4 Å². The molecule has 2 amide bonds. The summed E-state index contributed by atoms with van der Waals surface area (Å²) >= 11 is 0. The summed E-state index contributed by atoms with van der Waals surface area (Å²) in [6, 6.07) is 25.0. The fourth-order valence-electron chi connectivity index (χ4n) is 5.88. The van der Waals surface area contributed by atoms with Crippen LogP contribution in [0.25, 0.3) is 11.1 Å². The van der Waals surface area contributed by atoms with E-state index in [2.05, 4.69) is 34.7 Å². The molecule has 1 saturated heterocycles. The number of amides is 2. The molecule has 9 heteroatoms. The number of benzene rings is 3. The molecule has 1 fully saturated rings. The standard InChI is InChI=1S/C35H35N3O6/c1-22-16-29(37-44-22)31(39)18-24-10-15-32-28(17-24)35(41)38(2)30-14-13-27(43-33(30)21-42-32)19-34(40)36-20-23-8-11-26(12-9-23)25-6-4-3-5-7-25/h3-12,15-17,27,30,33H,13-14,18-21H2,1-2H3,(H,36,40)/t27-,30-,33+/m0/s1. The normalized spacial score (nSPS) is 19.6. The van der Waals surface area contributed by atoms with E-state index in [0.29, 0.717) is 42.0 Å². The Balaban J connectivity index is 1.04. The lowest BCUT2D eigenvalue weighted by Gasteiger charge is -2.42. The average molecular weight is 594 g/mol. The largest absolute Gasteiger partial charge is 0.490 e. The number of hydrogen-bond donors (Lipinski definition) is 1. The Morgan fingerprint density at radius 1 is 0.955 bits per heavy atom. The highest BCUT2D eigenvalue weighted by Crippen LogP contribution is 2.32. The van der Waals surface area contributed by atoms with Gasteiger partial charge in [0.1, 0.15) is 29.9 Å². The Morgan fingerprint density at radius 3 is 2.45 bits per heavy atom. The number of Topliss-reactive ketones (excluding diaryl/α,β-unsaturated/α-hetero) is 1. The van der Waals surface area contributed by atoms with Crippen molar-refractivity contribution in [1.82, 2.24) is 15.4 Å². The predicted molar refractivity (Wildman–Crippen MR) is 163 cm³/mol. The summed E-state index contributed by atoms with van der Waals surface area (Å²) in [4.78, 5) is 40.7. The Hall–Kier alpha value is -4.76. The van der Waals surface area contributed by atoms with E-state index in [1.165, 1.54) is 0 Å². The first kappa shape index (κ1) is 29.3. The second-order valence-corrected chi connectivity index (χ2v) is 11.5. The van der Waals surface area contributed by atoms with Gasteiger partial charge < -0.3 is 24.2 Å². The lowest BCUT2D eigenvalue weighted by Crippen LogP contribution is -2.54. The quantitative estimate of drug-likeness (QED) is 0.281. The number of nitrogens with one attached hydrogen (secondary N) is 1. The molecule has 6 rings (SSSR count). The van der Waals surface area contributed by atoms with Gasteiger partial charge in [-0.3, -0.25) is 14.4 Å². The molecule has 1 N–H and O–H groups in total. The third-order valence-electron chi connectivity index (χ3n) is 8.32. The monoisotopic (exact) mass is 593 g/mol. The number of carbonyl (C=O) groups excluding carboxylic acids is 3. The van der Waals surface area contributed by atoms with E-state index in [1.54, 1.807) is 43.1 Å². The van der Waals surface area contributed by atoms with Crippen molar-refractivity contribution in [2.75, 3.05) is 13.7 Å². The summed E-state index contributed by atoms with van der Waals surface area (Å²) in [5.41, 5.74) is 4.67. The Bertz CT molecular complexity index is 1650. The maximum absolute atomic E-state index is 13.6. The first-order valence-electron chi connectivity index (χ1n) is 14.9. The Kier molecular flexibility index (Phi) is 8.56. The average Bonchev–Trinajstić information content (AvgIpc) is 3.49. The van der Waals surface area contributed by atoms with Gasteiger partial charge in [-0.25, -0.2) is 0 Å². The molecule has 44 heavy (non-hydrogen) atoms. The molecule has 9 nitrogen and oxygen atoms in total. The molecule has 1 aromatic heterocycles. The van der Waals surface area contributed by atoms with Gasteiger partial charge in [-0.05, 0) is 54.2 Å². The van der Waals surface area contributed by atoms with Crippen molar-refractivity contribution in [3.8, 4) is 16.9 Å². The van der Waals surface area contributed by atoms with E-state index in [4.69, 9.17) is 14.0 Å². The molecular weight excluding hydrogens is 558 g/mol. The molecule has 226 valence electrons. The number of likely N-dealkylation sites (N-methyl/N-ethyl adjacent to an activating group) is 1. The number of ether oxygens (including phenoxy) is 2. The van der Waals surface area contributed by atoms with Gasteiger partial charge in [0, 0.05) is 26.1 Å². The molecule has 3 atom stereocenters. The number of ketones is 1. The summed E-state index contributed by atoms with van der Waals surface area (Å²) in [6.07, 6.45) is 1.03. The van der Waals surface area contributed by atoms with Crippen molar-refractivity contribution in [1.29, 1.82) is 0 Å². The first-order chi connectivity index (χ1) is 21.3. The zero-order chi connectivity index (χ0) is 30.6. The van der Waals surface area contributed by atoms with Crippen molar-refractivity contribution in [2.45, 2.75) is 57.4 Å². The van der Waals surface area contributed by atoms with Gasteiger partial charge >= 0.3 is 0 Å². The SMILES string of the molecule is Cc1cc(C(=O)Cc2ccc3c(c2)C(=O)N(C)[C@H]2CC[C@@H](CC(=O)NCc4ccc(-c5ccccc5)cc4)O[C@@H]2CO3)no1. The van der Waals surface area contributed by atoms with Gasteiger partial charge in [0.15, 0.2) is 5.78 Å². The van der Waals surface area contributed by atoms with E-state index in [1.807, 2.05) is 30.3 Å². The van der Waals surface area contributed by atoms with Gasteiger partial charge in [0.05, 0.1) is 24.1 Å². The maximum atomic E-state index is 13.6. The van der Waals surface area contributed by atoms with Gasteiger partial charge in [0.25, 0.3) is 5.91 Å². The number of hydrogen-bond acceptors (Lipinski definition) is 7. The Labute approximate surface area is 256 Å². The van der Waals surface area contributed by atoms with E-state index in [-0.39, 0.29) is 61.0 Å². The molecule has 3 aromatic carbocycles. The fraction of sp³-hybridized carbons (Fsp3) is 0.314. The lowest BCUT2D eigenvalue weighted by atomic mass is 9.94. The van der Waals surface area contributed by atoms with Crippen LogP contribution in [-0.2, 0) is 22.5 Å². The lowest BCUT2D eigenvalue weighted by molar-refractivity contribution is -0.134. The smallest absolute Gasteiger partial charge is 0.257 e. The van der Waals surface area contributed by atoms with E-state index >= 15 is 0 Å². The van der Waals surface area contributed by atoms with Gasteiger partial charge in [-0.2, -0.15) is 0 Å². The van der Waals surface area contributed by atoms with Crippen LogP contribution in [0.15, 0.2) is 83.4 Å². The molecular formula is C35H35N3O6. The molecule has 2 aliphatic rings. The highest BCUT2D eigenvalue weighted by Gasteiger charge is 2.39. The van der Waals surface area contributed by atoms with Crippen LogP contribution in [-0.4, -0.2) is 59.6 Å². The topological polar surface area (TPSA) is 111 Å². The van der Waals surface area contributed by atoms with E-state index in [9.17, 15) is 14.4 Å². The number of aromatic nitrogens is 1. The molecule has 4 aromatic rings. The van der Waals surface area contributed by atoms with Crippen molar-refractivity contribution in [2.24, 2.45) is 0 Å². The number of carbonyl (C=O) groups is 3. The van der Waals surface area contributed by atoms with Gasteiger partial charge in [0.2, 0.25) is 5.91 Å². The van der Waals surface area contributed by atoms with Crippen molar-refractivity contribution in [3.05, 3.63) is 107 Å². The number of nitrogens with zero attached hydrogens (tertiary/aromatic N) is 2. The Morgan fingerprint density at radius 2 is 1.70 bits per heavy atom. The van der Waals surface area contributed by atoms with E-state index in [0.717, 1.165) is 16.7 Å². The fourth-order valence-corrected chi connectivity index (χ4v) is 5.88. The first-order valence-corrected chi connectivity index (χ1v) is 14.9.